The third-order valence-electron chi connectivity index (χ3n) is 9.25. The zero-order chi connectivity index (χ0) is 42.3. The summed E-state index contributed by atoms with van der Waals surface area (Å²) in [6.07, 6.45) is 60.7. The summed E-state index contributed by atoms with van der Waals surface area (Å²) in [6, 6.07) is 0. The molecule has 326 valence electrons. The molecule has 0 heterocycles. The summed E-state index contributed by atoms with van der Waals surface area (Å²) in [5.74, 6) is -1.02. The molecule has 6 heteroatoms. The van der Waals surface area contributed by atoms with Crippen LogP contribution in [0.2, 0.25) is 0 Å². The van der Waals surface area contributed by atoms with Crippen LogP contribution in [0.1, 0.15) is 181 Å². The van der Waals surface area contributed by atoms with E-state index < -0.39 is 12.1 Å². The van der Waals surface area contributed by atoms with Crippen molar-refractivity contribution in [1.29, 1.82) is 0 Å². The maximum absolute atomic E-state index is 12.7. The SMILES string of the molecule is CC\C=C/C=C\C=C/C=C\C=C/CCCC(=O)OC(COC(=O)CCCCCCC\C=C/C=C\C=C/C=C\CC)COC(=O)CCCCCCCCCCCCCC. The molecule has 0 spiro atoms. The molecular weight excluding hydrogens is 721 g/mol. The Balaban J connectivity index is 4.55. The molecule has 0 fully saturated rings. The number of hydrogen-bond acceptors (Lipinski definition) is 6. The van der Waals surface area contributed by atoms with Crippen molar-refractivity contribution in [3.63, 3.8) is 0 Å². The van der Waals surface area contributed by atoms with E-state index in [-0.39, 0.29) is 31.6 Å². The minimum absolute atomic E-state index is 0.115. The summed E-state index contributed by atoms with van der Waals surface area (Å²) in [7, 11) is 0. The number of carbonyl (C=O) groups excluding carboxylic acids is 3. The van der Waals surface area contributed by atoms with Crippen LogP contribution < -0.4 is 0 Å². The monoisotopic (exact) mass is 803 g/mol. The molecule has 0 amide bonds. The van der Waals surface area contributed by atoms with Crippen LogP contribution in [0.5, 0.6) is 0 Å². The van der Waals surface area contributed by atoms with Gasteiger partial charge in [-0.3, -0.25) is 14.4 Å². The molecule has 0 radical (unpaired) electrons. The van der Waals surface area contributed by atoms with Gasteiger partial charge < -0.3 is 14.2 Å². The van der Waals surface area contributed by atoms with E-state index in [1.54, 1.807) is 0 Å². The number of ether oxygens (including phenoxy) is 3. The Bertz CT molecular complexity index is 1240. The molecule has 0 aliphatic rings. The number of unbranched alkanes of at least 4 members (excludes halogenated alkanes) is 17. The highest BCUT2D eigenvalue weighted by atomic mass is 16.6. The molecule has 58 heavy (non-hydrogen) atoms. The Labute approximate surface area is 355 Å². The van der Waals surface area contributed by atoms with E-state index in [0.717, 1.165) is 77.0 Å². The molecule has 0 saturated carbocycles. The van der Waals surface area contributed by atoms with Crippen LogP contribution in [-0.2, 0) is 28.6 Å². The maximum Gasteiger partial charge on any atom is 0.306 e. The number of allylic oxidation sites excluding steroid dienone is 18. The van der Waals surface area contributed by atoms with Gasteiger partial charge in [-0.2, -0.15) is 0 Å². The van der Waals surface area contributed by atoms with Gasteiger partial charge in [0.05, 0.1) is 0 Å². The average molecular weight is 803 g/mol. The molecule has 0 saturated heterocycles. The number of carbonyl (C=O) groups is 3. The second-order valence-corrected chi connectivity index (χ2v) is 14.8. The number of hydrogen-bond donors (Lipinski definition) is 0. The molecule has 0 aliphatic heterocycles. The standard InChI is InChI=1S/C52H82O6/c1-4-7-10-13-16-19-22-25-26-28-30-33-36-39-42-45-51(54)57-48-49(47-56-50(53)44-41-38-35-32-29-24-21-18-15-12-9-6-3)58-52(55)46-43-40-37-34-31-27-23-20-17-14-11-8-5-2/h7-8,10-11,13-14,16-17,19-20,22-23,25-27,31,34,37,49H,4-6,9,12,15,18,21,24,28-30,32-33,35-36,38-48H2,1-3H3/b10-7-,11-8-,16-13-,17-14-,22-19-,23-20-,26-25-,31-27-,37-34-. The van der Waals surface area contributed by atoms with E-state index in [4.69, 9.17) is 14.2 Å². The Hall–Kier alpha value is -3.93. The van der Waals surface area contributed by atoms with Crippen molar-refractivity contribution in [3.8, 4) is 0 Å². The van der Waals surface area contributed by atoms with Crippen LogP contribution in [0.25, 0.3) is 0 Å². The first-order chi connectivity index (χ1) is 28.5. The summed E-state index contributed by atoms with van der Waals surface area (Å²) in [5.41, 5.74) is 0. The van der Waals surface area contributed by atoms with E-state index in [9.17, 15) is 14.4 Å². The molecule has 6 nitrogen and oxygen atoms in total. The van der Waals surface area contributed by atoms with Gasteiger partial charge in [-0.25, -0.2) is 0 Å². The van der Waals surface area contributed by atoms with Crippen molar-refractivity contribution in [2.45, 2.75) is 187 Å². The minimum atomic E-state index is -0.823. The Morgan fingerprint density at radius 3 is 1.10 bits per heavy atom. The van der Waals surface area contributed by atoms with Crippen molar-refractivity contribution < 1.29 is 28.6 Å². The largest absolute Gasteiger partial charge is 0.462 e. The van der Waals surface area contributed by atoms with Crippen molar-refractivity contribution in [1.82, 2.24) is 0 Å². The highest BCUT2D eigenvalue weighted by Gasteiger charge is 2.19. The summed E-state index contributed by atoms with van der Waals surface area (Å²) in [5, 5.41) is 0. The van der Waals surface area contributed by atoms with E-state index in [2.05, 4.69) is 51.2 Å². The lowest BCUT2D eigenvalue weighted by atomic mass is 10.0. The zero-order valence-electron chi connectivity index (χ0n) is 37.0. The lowest BCUT2D eigenvalue weighted by Crippen LogP contribution is -2.30. The third kappa shape index (κ3) is 43.2. The van der Waals surface area contributed by atoms with Crippen molar-refractivity contribution in [2.24, 2.45) is 0 Å². The Morgan fingerprint density at radius 2 is 0.690 bits per heavy atom. The maximum atomic E-state index is 12.7. The highest BCUT2D eigenvalue weighted by molar-refractivity contribution is 5.71. The third-order valence-corrected chi connectivity index (χ3v) is 9.25. The molecule has 0 aliphatic carbocycles. The molecule has 1 unspecified atom stereocenters. The average Bonchev–Trinajstić information content (AvgIpc) is 3.22. The predicted molar refractivity (Wildman–Crippen MR) is 247 cm³/mol. The van der Waals surface area contributed by atoms with E-state index >= 15 is 0 Å². The van der Waals surface area contributed by atoms with Crippen molar-refractivity contribution >= 4 is 17.9 Å². The van der Waals surface area contributed by atoms with Gasteiger partial charge in [0.2, 0.25) is 0 Å². The fraction of sp³-hybridized carbons (Fsp3) is 0.596. The predicted octanol–water partition coefficient (Wildman–Crippen LogP) is 14.8. The molecule has 0 aromatic heterocycles. The fourth-order valence-corrected chi connectivity index (χ4v) is 5.83. The van der Waals surface area contributed by atoms with E-state index in [1.807, 2.05) is 79.0 Å². The van der Waals surface area contributed by atoms with Crippen LogP contribution in [0.4, 0.5) is 0 Å². The van der Waals surface area contributed by atoms with Gasteiger partial charge in [0, 0.05) is 19.3 Å². The quantitative estimate of drug-likeness (QED) is 0.0267. The molecule has 1 atom stereocenters. The second-order valence-electron chi connectivity index (χ2n) is 14.8. The Morgan fingerprint density at radius 1 is 0.362 bits per heavy atom. The first-order valence-corrected chi connectivity index (χ1v) is 23.0. The fourth-order valence-electron chi connectivity index (χ4n) is 5.83. The first-order valence-electron chi connectivity index (χ1n) is 23.0. The summed E-state index contributed by atoms with van der Waals surface area (Å²) in [6.45, 7) is 6.24. The van der Waals surface area contributed by atoms with Crippen molar-refractivity contribution in [2.75, 3.05) is 13.2 Å². The molecule has 0 N–H and O–H groups in total. The van der Waals surface area contributed by atoms with E-state index in [1.165, 1.54) is 57.8 Å². The lowest BCUT2D eigenvalue weighted by Gasteiger charge is -2.18. The first kappa shape index (κ1) is 54.1. The van der Waals surface area contributed by atoms with Gasteiger partial charge in [0.1, 0.15) is 13.2 Å². The zero-order valence-corrected chi connectivity index (χ0v) is 37.0. The second kappa shape index (κ2) is 45.8. The van der Waals surface area contributed by atoms with Crippen LogP contribution in [0, 0.1) is 0 Å². The minimum Gasteiger partial charge on any atom is -0.462 e. The van der Waals surface area contributed by atoms with Crippen LogP contribution in [0.3, 0.4) is 0 Å². The van der Waals surface area contributed by atoms with Gasteiger partial charge in [-0.15, -0.1) is 0 Å². The normalized spacial score (nSPS) is 13.1. The van der Waals surface area contributed by atoms with Gasteiger partial charge >= 0.3 is 17.9 Å². The van der Waals surface area contributed by atoms with Crippen LogP contribution in [-0.4, -0.2) is 37.2 Å². The summed E-state index contributed by atoms with van der Waals surface area (Å²) in [4.78, 5) is 37.8. The van der Waals surface area contributed by atoms with Crippen LogP contribution in [0.15, 0.2) is 109 Å². The molecule has 0 aromatic carbocycles. The van der Waals surface area contributed by atoms with Gasteiger partial charge in [0.15, 0.2) is 6.10 Å². The Kier molecular flexibility index (Phi) is 42.7. The van der Waals surface area contributed by atoms with Gasteiger partial charge in [0.25, 0.3) is 0 Å². The lowest BCUT2D eigenvalue weighted by molar-refractivity contribution is -0.167. The smallest absolute Gasteiger partial charge is 0.306 e. The number of rotatable bonds is 39. The summed E-state index contributed by atoms with van der Waals surface area (Å²) >= 11 is 0. The number of esters is 3. The molecule has 0 rings (SSSR count). The van der Waals surface area contributed by atoms with E-state index in [0.29, 0.717) is 19.3 Å². The molecular formula is C52H82O6. The molecule has 0 aromatic rings. The van der Waals surface area contributed by atoms with Gasteiger partial charge in [-0.1, -0.05) is 220 Å². The highest BCUT2D eigenvalue weighted by Crippen LogP contribution is 2.14. The topological polar surface area (TPSA) is 78.9 Å². The van der Waals surface area contributed by atoms with Crippen molar-refractivity contribution in [3.05, 3.63) is 109 Å². The van der Waals surface area contributed by atoms with Crippen LogP contribution >= 0.6 is 0 Å². The molecule has 0 bridgehead atoms. The summed E-state index contributed by atoms with van der Waals surface area (Å²) < 4.78 is 16.6. The van der Waals surface area contributed by atoms with Gasteiger partial charge in [-0.05, 0) is 51.4 Å².